The van der Waals surface area contributed by atoms with Crippen molar-refractivity contribution >= 4 is 22.6 Å². The Morgan fingerprint density at radius 2 is 1.78 bits per heavy atom. The fourth-order valence-electron chi connectivity index (χ4n) is 5.23. The molecule has 2 aromatic carbocycles. The molecule has 0 N–H and O–H groups in total. The third-order valence-corrected chi connectivity index (χ3v) is 8.03. The first-order valence-corrected chi connectivity index (χ1v) is 15.5. The largest absolute Gasteiger partial charge is 0.500 e. The van der Waals surface area contributed by atoms with Crippen molar-refractivity contribution in [2.24, 2.45) is 5.41 Å². The minimum Gasteiger partial charge on any atom is -0.500 e. The number of allylic oxidation sites excluding steroid dienone is 3. The molecule has 0 saturated heterocycles. The van der Waals surface area contributed by atoms with E-state index in [0.29, 0.717) is 29.6 Å². The number of hydrogen-bond donors (Lipinski definition) is 0. The first-order chi connectivity index (χ1) is 21.4. The summed E-state index contributed by atoms with van der Waals surface area (Å²) in [4.78, 5) is 33.4. The fourth-order valence-corrected chi connectivity index (χ4v) is 5.23. The first-order valence-electron chi connectivity index (χ1n) is 15.5. The average molecular weight is 629 g/mol. The third-order valence-electron chi connectivity index (χ3n) is 8.03. The Kier molecular flexibility index (Phi) is 12.2. The number of methoxy groups -OCH3 is 1. The summed E-state index contributed by atoms with van der Waals surface area (Å²) in [5.41, 5.74) is 2.95. The summed E-state index contributed by atoms with van der Waals surface area (Å²) in [7, 11) is 1.17. The molecule has 3 aromatic rings. The van der Waals surface area contributed by atoms with Gasteiger partial charge in [-0.3, -0.25) is 14.6 Å². The zero-order valence-electron chi connectivity index (χ0n) is 26.7. The minimum absolute atomic E-state index is 0. The summed E-state index contributed by atoms with van der Waals surface area (Å²) in [6, 6.07) is 8.43. The predicted octanol–water partition coefficient (Wildman–Crippen LogP) is 9.64. The molecule has 0 unspecified atom stereocenters. The van der Waals surface area contributed by atoms with Gasteiger partial charge in [-0.2, -0.15) is 13.2 Å². The molecule has 0 spiro atoms. The van der Waals surface area contributed by atoms with Gasteiger partial charge in [-0.25, -0.2) is 9.37 Å². The van der Waals surface area contributed by atoms with Crippen LogP contribution in [0.1, 0.15) is 83.8 Å². The molecular weight excluding hydrogens is 584 g/mol. The third kappa shape index (κ3) is 8.86. The summed E-state index contributed by atoms with van der Waals surface area (Å²) in [6.45, 7) is 11.6. The van der Waals surface area contributed by atoms with E-state index in [9.17, 15) is 22.8 Å². The van der Waals surface area contributed by atoms with Gasteiger partial charge in [0, 0.05) is 32.7 Å². The van der Waals surface area contributed by atoms with E-state index in [-0.39, 0.29) is 55.6 Å². The lowest BCUT2D eigenvalue weighted by Crippen LogP contribution is -2.27. The number of ether oxygens (including phenoxy) is 1. The van der Waals surface area contributed by atoms with Crippen molar-refractivity contribution in [2.75, 3.05) is 7.11 Å². The molecule has 0 aliphatic heterocycles. The number of hydrogen-bond acceptors (Lipinski definition) is 5. The molecule has 4 rings (SSSR count). The molecule has 1 aliphatic carbocycles. The lowest BCUT2D eigenvalue weighted by Gasteiger charge is -2.21. The molecule has 1 aliphatic rings. The maximum Gasteiger partial charge on any atom is 0.401 e. The molecule has 45 heavy (non-hydrogen) atoms. The molecule has 5 nitrogen and oxygen atoms in total. The quantitative estimate of drug-likeness (QED) is 0.0770. The van der Waals surface area contributed by atoms with E-state index in [2.05, 4.69) is 16.5 Å². The van der Waals surface area contributed by atoms with Gasteiger partial charge in [-0.05, 0) is 85.6 Å². The number of fused-ring (bicyclic) bond motifs is 1. The van der Waals surface area contributed by atoms with E-state index in [1.54, 1.807) is 12.3 Å². The van der Waals surface area contributed by atoms with Gasteiger partial charge in [0.2, 0.25) is 0 Å². The molecule has 244 valence electrons. The van der Waals surface area contributed by atoms with Crippen LogP contribution in [0.5, 0.6) is 0 Å². The Labute approximate surface area is 264 Å². The topological polar surface area (TPSA) is 69.2 Å². The summed E-state index contributed by atoms with van der Waals surface area (Å²) < 4.78 is 60.4. The second-order valence-corrected chi connectivity index (χ2v) is 11.3. The van der Waals surface area contributed by atoms with Gasteiger partial charge in [-0.15, -0.1) is 0 Å². The lowest BCUT2D eigenvalue weighted by atomic mass is 9.98. The minimum atomic E-state index is -4.45. The van der Waals surface area contributed by atoms with Gasteiger partial charge < -0.3 is 4.74 Å². The van der Waals surface area contributed by atoms with E-state index < -0.39 is 17.4 Å². The van der Waals surface area contributed by atoms with Gasteiger partial charge in [-0.1, -0.05) is 39.5 Å². The van der Waals surface area contributed by atoms with E-state index in [4.69, 9.17) is 4.74 Å². The van der Waals surface area contributed by atoms with Crippen LogP contribution in [0, 0.1) is 18.2 Å². The monoisotopic (exact) mass is 628 g/mol. The van der Waals surface area contributed by atoms with Crippen LogP contribution < -0.4 is 0 Å². The number of benzene rings is 2. The zero-order valence-corrected chi connectivity index (χ0v) is 26.7. The van der Waals surface area contributed by atoms with E-state index in [1.807, 2.05) is 39.8 Å². The maximum atomic E-state index is 15.0. The Hall–Kier alpha value is -3.88. The first kappa shape index (κ1) is 35.6. The van der Waals surface area contributed by atoms with Crippen LogP contribution >= 0.6 is 0 Å². The second kappa shape index (κ2) is 15.4. The number of unbranched alkanes of at least 4 members (excludes halogenated alkanes) is 1. The number of carbonyl (C=O) groups is 2. The summed E-state index contributed by atoms with van der Waals surface area (Å²) in [6.07, 6.45) is 1.50. The van der Waals surface area contributed by atoms with E-state index in [1.165, 1.54) is 25.3 Å². The van der Waals surface area contributed by atoms with E-state index >= 15 is 4.39 Å². The molecule has 1 heterocycles. The molecule has 1 saturated carbocycles. The number of halogens is 4. The Bertz CT molecular complexity index is 1580. The summed E-state index contributed by atoms with van der Waals surface area (Å²) in [5, 5.41) is 0. The van der Waals surface area contributed by atoms with Crippen LogP contribution in [-0.2, 0) is 27.2 Å². The molecule has 0 radical (unpaired) electrons. The SMILES string of the molecule is C=C(/C=C(\OC)C1(C(F)(F)F)CC1)CC(=O)Cc1ccc(-c2cnc3cc(CCCCC(=O)CC)c(C)cc3n2)cc1F.CC.[HH]. The molecule has 0 amide bonds. The van der Waals surface area contributed by atoms with Crippen molar-refractivity contribution in [3.63, 3.8) is 0 Å². The summed E-state index contributed by atoms with van der Waals surface area (Å²) >= 11 is 0. The van der Waals surface area contributed by atoms with Crippen molar-refractivity contribution in [1.29, 1.82) is 0 Å². The Morgan fingerprint density at radius 3 is 2.38 bits per heavy atom. The van der Waals surface area contributed by atoms with Crippen molar-refractivity contribution in [2.45, 2.75) is 91.7 Å². The number of rotatable bonds is 14. The van der Waals surface area contributed by atoms with Gasteiger partial charge >= 0.3 is 6.18 Å². The fraction of sp³-hybridized carbons (Fsp3) is 0.444. The summed E-state index contributed by atoms with van der Waals surface area (Å²) in [5.74, 6) is -0.947. The number of carbonyl (C=O) groups excluding carboxylic acids is 2. The van der Waals surface area contributed by atoms with Crippen LogP contribution in [0.25, 0.3) is 22.3 Å². The number of Topliss-reactive ketones (excluding diaryl/α,β-unsaturated/α-hetero) is 2. The smallest absolute Gasteiger partial charge is 0.401 e. The molecule has 1 aromatic heterocycles. The highest BCUT2D eigenvalue weighted by atomic mass is 19.4. The molecule has 9 heteroatoms. The van der Waals surface area contributed by atoms with Crippen LogP contribution in [0.4, 0.5) is 17.6 Å². The molecule has 0 atom stereocenters. The standard InChI is InChI=1S/C34H36F4N2O3.C2H6.H2/c1-5-26(41)9-7-6-8-23-19-29-30(16-22(23)3)40-31(20-39-29)25-11-10-24(28(35)18-25)17-27(42)14-21(2)15-32(43-4)33(12-13-33)34(36,37)38;1-2;/h10-11,15-16,18-20H,2,5-9,12-14,17H2,1,3-4H3;1-2H3;1H/b32-15-;;. The zero-order chi connectivity index (χ0) is 33.4. The highest BCUT2D eigenvalue weighted by molar-refractivity contribution is 5.84. The number of aromatic nitrogens is 2. The van der Waals surface area contributed by atoms with Gasteiger partial charge in [0.1, 0.15) is 28.6 Å². The Morgan fingerprint density at radius 1 is 1.07 bits per heavy atom. The van der Waals surface area contributed by atoms with Gasteiger partial charge in [0.15, 0.2) is 0 Å². The number of nitrogens with zero attached hydrogens (tertiary/aromatic N) is 2. The number of ketones is 2. The Balaban J connectivity index is 0.00000241. The van der Waals surface area contributed by atoms with Gasteiger partial charge in [0.25, 0.3) is 0 Å². The highest BCUT2D eigenvalue weighted by Crippen LogP contribution is 2.62. The van der Waals surface area contributed by atoms with Crippen molar-refractivity contribution < 1.29 is 33.3 Å². The lowest BCUT2D eigenvalue weighted by molar-refractivity contribution is -0.184. The van der Waals surface area contributed by atoms with Crippen LogP contribution in [0.15, 0.2) is 60.5 Å². The highest BCUT2D eigenvalue weighted by Gasteiger charge is 2.66. The second-order valence-electron chi connectivity index (χ2n) is 11.3. The molecular formula is C36H44F4N2O3. The predicted molar refractivity (Wildman–Crippen MR) is 171 cm³/mol. The van der Waals surface area contributed by atoms with E-state index in [0.717, 1.165) is 35.9 Å². The van der Waals surface area contributed by atoms with Crippen molar-refractivity contribution in [1.82, 2.24) is 9.97 Å². The normalized spacial score (nSPS) is 14.0. The maximum absolute atomic E-state index is 15.0. The number of aryl methyl sites for hydroxylation is 2. The van der Waals surface area contributed by atoms with Crippen molar-refractivity contribution in [3.8, 4) is 11.3 Å². The average Bonchev–Trinajstić information content (AvgIpc) is 3.82. The van der Waals surface area contributed by atoms with Crippen LogP contribution in [0.3, 0.4) is 0 Å². The molecule has 0 bridgehead atoms. The van der Waals surface area contributed by atoms with Crippen LogP contribution in [-0.4, -0.2) is 34.8 Å². The van der Waals surface area contributed by atoms with Crippen molar-refractivity contribution in [3.05, 3.63) is 83.0 Å². The number of alkyl halides is 3. The van der Waals surface area contributed by atoms with Gasteiger partial charge in [0.05, 0.1) is 30.0 Å². The van der Waals surface area contributed by atoms with Crippen LogP contribution in [0.2, 0.25) is 0 Å². The molecule has 1 fully saturated rings.